The molecular formula is C20H22F2N2O. The highest BCUT2D eigenvalue weighted by molar-refractivity contribution is 5.89. The molecule has 1 N–H and O–H groups in total. The minimum atomic E-state index is -0.768. The number of likely N-dealkylation sites (tertiary alicyclic amines) is 1. The summed E-state index contributed by atoms with van der Waals surface area (Å²) in [6.07, 6.45) is 3.91. The van der Waals surface area contributed by atoms with E-state index in [2.05, 4.69) is 11.4 Å². The molecule has 2 aromatic carbocycles. The number of rotatable bonds is 2. The molecule has 3 nitrogen and oxygen atoms in total. The number of benzene rings is 2. The van der Waals surface area contributed by atoms with E-state index in [-0.39, 0.29) is 17.8 Å². The number of amides is 2. The highest BCUT2D eigenvalue weighted by atomic mass is 19.1. The van der Waals surface area contributed by atoms with Crippen LogP contribution in [-0.2, 0) is 0 Å². The Bertz CT molecular complexity index is 763. The maximum absolute atomic E-state index is 13.9. The lowest BCUT2D eigenvalue weighted by Crippen LogP contribution is -2.38. The van der Waals surface area contributed by atoms with Crippen molar-refractivity contribution in [3.05, 3.63) is 65.2 Å². The predicted molar refractivity (Wildman–Crippen MR) is 94.5 cm³/mol. The second-order valence-electron chi connectivity index (χ2n) is 6.53. The van der Waals surface area contributed by atoms with Gasteiger partial charge in [-0.15, -0.1) is 0 Å². The summed E-state index contributed by atoms with van der Waals surface area (Å²) in [6.45, 7) is 2.64. The third-order valence-corrected chi connectivity index (χ3v) is 4.61. The van der Waals surface area contributed by atoms with Gasteiger partial charge in [-0.3, -0.25) is 0 Å². The smallest absolute Gasteiger partial charge is 0.317 e. The maximum atomic E-state index is 13.9. The van der Waals surface area contributed by atoms with Gasteiger partial charge in [0, 0.05) is 12.6 Å². The lowest BCUT2D eigenvalue weighted by Gasteiger charge is -2.31. The zero-order valence-electron chi connectivity index (χ0n) is 14.3. The normalized spacial score (nSPS) is 17.9. The van der Waals surface area contributed by atoms with Crippen LogP contribution in [0.3, 0.4) is 0 Å². The Kier molecular flexibility index (Phi) is 5.31. The molecule has 132 valence electrons. The number of urea groups is 1. The van der Waals surface area contributed by atoms with Gasteiger partial charge in [0.1, 0.15) is 11.6 Å². The van der Waals surface area contributed by atoms with Crippen molar-refractivity contribution in [3.8, 4) is 0 Å². The lowest BCUT2D eigenvalue weighted by atomic mass is 9.99. The first-order valence-electron chi connectivity index (χ1n) is 8.64. The quantitative estimate of drug-likeness (QED) is 0.775. The Hall–Kier alpha value is -2.43. The van der Waals surface area contributed by atoms with E-state index in [1.54, 1.807) is 4.90 Å². The van der Waals surface area contributed by atoms with Crippen LogP contribution in [0.15, 0.2) is 42.5 Å². The molecule has 1 saturated heterocycles. The van der Waals surface area contributed by atoms with Gasteiger partial charge >= 0.3 is 6.03 Å². The highest BCUT2D eigenvalue weighted by Gasteiger charge is 2.27. The molecule has 1 unspecified atom stereocenters. The SMILES string of the molecule is Cc1cccc(C2CCCCCN2C(=O)Nc2ccc(F)cc2F)c1. The Morgan fingerprint density at radius 3 is 2.72 bits per heavy atom. The van der Waals surface area contributed by atoms with Crippen LogP contribution in [0.25, 0.3) is 0 Å². The van der Waals surface area contributed by atoms with Crippen LogP contribution < -0.4 is 5.32 Å². The van der Waals surface area contributed by atoms with Crippen LogP contribution in [-0.4, -0.2) is 17.5 Å². The lowest BCUT2D eigenvalue weighted by molar-refractivity contribution is 0.189. The molecule has 1 aliphatic heterocycles. The molecule has 1 atom stereocenters. The van der Waals surface area contributed by atoms with Crippen LogP contribution in [0.4, 0.5) is 19.3 Å². The first kappa shape index (κ1) is 17.4. The van der Waals surface area contributed by atoms with Crippen molar-refractivity contribution in [1.82, 2.24) is 4.90 Å². The molecular weight excluding hydrogens is 322 g/mol. The third kappa shape index (κ3) is 4.16. The standard InChI is InChI=1S/C20H22F2N2O/c1-14-6-5-7-15(12-14)19-8-3-2-4-11-24(19)20(25)23-18-10-9-16(21)13-17(18)22/h5-7,9-10,12-13,19H,2-4,8,11H2,1H3,(H,23,25). The Morgan fingerprint density at radius 1 is 1.12 bits per heavy atom. The van der Waals surface area contributed by atoms with Crippen LogP contribution in [0, 0.1) is 18.6 Å². The number of halogens is 2. The molecule has 25 heavy (non-hydrogen) atoms. The summed E-state index contributed by atoms with van der Waals surface area (Å²) < 4.78 is 26.9. The summed E-state index contributed by atoms with van der Waals surface area (Å²) in [5.41, 5.74) is 2.24. The number of carbonyl (C=O) groups is 1. The van der Waals surface area contributed by atoms with E-state index in [9.17, 15) is 13.6 Å². The van der Waals surface area contributed by atoms with Gasteiger partial charge in [-0.05, 0) is 37.5 Å². The van der Waals surface area contributed by atoms with Gasteiger partial charge in [-0.2, -0.15) is 0 Å². The number of hydrogen-bond donors (Lipinski definition) is 1. The number of nitrogens with one attached hydrogen (secondary N) is 1. The second kappa shape index (κ2) is 7.64. The van der Waals surface area contributed by atoms with Gasteiger partial charge in [0.15, 0.2) is 0 Å². The largest absolute Gasteiger partial charge is 0.322 e. The molecule has 0 radical (unpaired) electrons. The molecule has 1 fully saturated rings. The summed E-state index contributed by atoms with van der Waals surface area (Å²) in [5.74, 6) is -1.43. The van der Waals surface area contributed by atoms with Crippen molar-refractivity contribution < 1.29 is 13.6 Å². The monoisotopic (exact) mass is 344 g/mol. The molecule has 1 aliphatic rings. The summed E-state index contributed by atoms with van der Waals surface area (Å²) in [6, 6.07) is 10.9. The van der Waals surface area contributed by atoms with E-state index in [1.165, 1.54) is 6.07 Å². The Labute approximate surface area is 146 Å². The number of hydrogen-bond acceptors (Lipinski definition) is 1. The average molecular weight is 344 g/mol. The van der Waals surface area contributed by atoms with E-state index in [1.807, 2.05) is 25.1 Å². The van der Waals surface area contributed by atoms with Crippen molar-refractivity contribution in [3.63, 3.8) is 0 Å². The minimum Gasteiger partial charge on any atom is -0.317 e. The molecule has 1 heterocycles. The predicted octanol–water partition coefficient (Wildman–Crippen LogP) is 5.42. The van der Waals surface area contributed by atoms with E-state index in [0.717, 1.165) is 48.9 Å². The minimum absolute atomic E-state index is 0.00126. The van der Waals surface area contributed by atoms with Crippen LogP contribution in [0.5, 0.6) is 0 Å². The Morgan fingerprint density at radius 2 is 1.96 bits per heavy atom. The summed E-state index contributed by atoms with van der Waals surface area (Å²) >= 11 is 0. The first-order chi connectivity index (χ1) is 12.0. The summed E-state index contributed by atoms with van der Waals surface area (Å²) in [5, 5.41) is 2.59. The molecule has 0 aliphatic carbocycles. The van der Waals surface area contributed by atoms with E-state index >= 15 is 0 Å². The Balaban J connectivity index is 1.84. The number of aryl methyl sites for hydroxylation is 1. The van der Waals surface area contributed by atoms with Gasteiger partial charge < -0.3 is 10.2 Å². The fraction of sp³-hybridized carbons (Fsp3) is 0.350. The van der Waals surface area contributed by atoms with Gasteiger partial charge in [-0.25, -0.2) is 13.6 Å². The van der Waals surface area contributed by atoms with Gasteiger partial charge in [0.05, 0.1) is 11.7 Å². The van der Waals surface area contributed by atoms with E-state index in [4.69, 9.17) is 0 Å². The second-order valence-corrected chi connectivity index (χ2v) is 6.53. The molecule has 0 aromatic heterocycles. The summed E-state index contributed by atoms with van der Waals surface area (Å²) in [4.78, 5) is 14.5. The zero-order valence-corrected chi connectivity index (χ0v) is 14.3. The third-order valence-electron chi connectivity index (χ3n) is 4.61. The fourth-order valence-corrected chi connectivity index (χ4v) is 3.35. The topological polar surface area (TPSA) is 32.3 Å². The average Bonchev–Trinajstić information content (AvgIpc) is 2.83. The molecule has 2 amide bonds. The number of nitrogens with zero attached hydrogens (tertiary/aromatic N) is 1. The molecule has 0 spiro atoms. The maximum Gasteiger partial charge on any atom is 0.322 e. The van der Waals surface area contributed by atoms with Crippen LogP contribution in [0.1, 0.15) is 42.9 Å². The number of anilines is 1. The first-order valence-corrected chi connectivity index (χ1v) is 8.64. The van der Waals surface area contributed by atoms with Crippen LogP contribution >= 0.6 is 0 Å². The molecule has 0 saturated carbocycles. The van der Waals surface area contributed by atoms with E-state index in [0.29, 0.717) is 6.54 Å². The molecule has 5 heteroatoms. The summed E-state index contributed by atoms with van der Waals surface area (Å²) in [7, 11) is 0. The van der Waals surface area contributed by atoms with Crippen molar-refractivity contribution in [2.24, 2.45) is 0 Å². The fourth-order valence-electron chi connectivity index (χ4n) is 3.35. The van der Waals surface area contributed by atoms with E-state index < -0.39 is 11.6 Å². The molecule has 3 rings (SSSR count). The van der Waals surface area contributed by atoms with Gasteiger partial charge in [0.25, 0.3) is 0 Å². The molecule has 2 aromatic rings. The van der Waals surface area contributed by atoms with Crippen molar-refractivity contribution in [1.29, 1.82) is 0 Å². The van der Waals surface area contributed by atoms with Gasteiger partial charge in [0.2, 0.25) is 0 Å². The van der Waals surface area contributed by atoms with Crippen LogP contribution in [0.2, 0.25) is 0 Å². The zero-order chi connectivity index (χ0) is 17.8. The van der Waals surface area contributed by atoms with Crippen molar-refractivity contribution in [2.75, 3.05) is 11.9 Å². The van der Waals surface area contributed by atoms with Crippen molar-refractivity contribution in [2.45, 2.75) is 38.6 Å². The van der Waals surface area contributed by atoms with Crippen molar-refractivity contribution >= 4 is 11.7 Å². The number of carbonyl (C=O) groups excluding carboxylic acids is 1. The molecule has 0 bridgehead atoms. The van der Waals surface area contributed by atoms with Gasteiger partial charge in [-0.1, -0.05) is 42.7 Å². The highest BCUT2D eigenvalue weighted by Crippen LogP contribution is 2.31.